The summed E-state index contributed by atoms with van der Waals surface area (Å²) in [6.07, 6.45) is 0. The number of hydrogen-bond donors (Lipinski definition) is 0. The first-order valence-corrected chi connectivity index (χ1v) is 7.19. The van der Waals surface area contributed by atoms with Crippen LogP contribution in [0.3, 0.4) is 0 Å². The monoisotopic (exact) mass is 458 g/mol. The molecule has 112 valence electrons. The summed E-state index contributed by atoms with van der Waals surface area (Å²) in [5.41, 5.74) is 0. The van der Waals surface area contributed by atoms with Gasteiger partial charge >= 0.3 is 0 Å². The molecule has 0 amide bonds. The van der Waals surface area contributed by atoms with Crippen molar-refractivity contribution >= 4 is 92.8 Å². The number of hydrogen-bond acceptors (Lipinski definition) is 0. The normalized spacial score (nSPS) is 9.68. The molecule has 0 aliphatic carbocycles. The Morgan fingerprint density at radius 2 is 1.26 bits per heavy atom. The molecule has 19 heavy (non-hydrogen) atoms. The molecule has 0 N–H and O–H groups in total. The van der Waals surface area contributed by atoms with Crippen LogP contribution in [0.25, 0.3) is 0 Å². The molecule has 0 aliphatic rings. The molecule has 0 aliphatic heterocycles. The fourth-order valence-electron chi connectivity index (χ4n) is 0.895. The second-order valence-electron chi connectivity index (χ2n) is 2.94. The van der Waals surface area contributed by atoms with E-state index in [4.69, 9.17) is 92.8 Å². The maximum absolute atomic E-state index is 5.55. The quantitative estimate of drug-likeness (QED) is 0.275. The minimum atomic E-state index is 0. The van der Waals surface area contributed by atoms with E-state index < -0.39 is 0 Å². The van der Waals surface area contributed by atoms with E-state index in [9.17, 15) is 0 Å². The molecule has 0 atom stereocenters. The summed E-state index contributed by atoms with van der Waals surface area (Å²) in [4.78, 5) is 0. The third kappa shape index (κ3) is 5.34. The smallest absolute Gasteiger partial charge is 0 e. The predicted octanol–water partition coefficient (Wildman–Crippen LogP) is 8.04. The van der Waals surface area contributed by atoms with E-state index in [1.807, 2.05) is 0 Å². The summed E-state index contributed by atoms with van der Waals surface area (Å²) in [5, 5.41) is 2.87. The van der Waals surface area contributed by atoms with E-state index in [1.165, 1.54) is 12.1 Å². The molecular weight excluding hydrogens is 460 g/mol. The summed E-state index contributed by atoms with van der Waals surface area (Å²) in [5.74, 6) is 0. The van der Waals surface area contributed by atoms with Crippen LogP contribution < -0.4 is 0 Å². The van der Waals surface area contributed by atoms with Crippen molar-refractivity contribution in [1.82, 2.24) is 0 Å². The Hall–Kier alpha value is 1.54. The van der Waals surface area contributed by atoms with Crippen LogP contribution in [0.2, 0.25) is 40.2 Å². The van der Waals surface area contributed by atoms with Crippen LogP contribution in [0.15, 0.2) is 12.1 Å². The summed E-state index contributed by atoms with van der Waals surface area (Å²) < 4.78 is 0. The average Bonchev–Trinajstić information content (AvgIpc) is 2.66. The first kappa shape index (κ1) is 20.5. The third-order valence-corrected chi connectivity index (χ3v) is 5.07. The minimum absolute atomic E-state index is 0. The Balaban J connectivity index is 0.000000324. The molecule has 0 saturated heterocycles. The zero-order valence-electron chi connectivity index (χ0n) is 8.53. The molecule has 2 aromatic carbocycles. The molecular formula is C10H2Cl8Fe-6. The zero-order chi connectivity index (χ0) is 14.0. The summed E-state index contributed by atoms with van der Waals surface area (Å²) in [6.45, 7) is 0. The molecule has 0 nitrogen and oxygen atoms in total. The summed E-state index contributed by atoms with van der Waals surface area (Å²) in [7, 11) is 0. The third-order valence-electron chi connectivity index (χ3n) is 1.73. The Morgan fingerprint density at radius 1 is 0.842 bits per heavy atom. The molecule has 2 aromatic rings. The molecule has 2 rings (SSSR count). The van der Waals surface area contributed by atoms with Crippen LogP contribution in [-0.2, 0) is 17.1 Å². The van der Waals surface area contributed by atoms with Crippen molar-refractivity contribution < 1.29 is 17.1 Å². The average molecular weight is 462 g/mol. The molecule has 9 heteroatoms. The van der Waals surface area contributed by atoms with Gasteiger partial charge < -0.3 is 72.6 Å². The molecule has 0 heterocycles. The maximum atomic E-state index is 5.55. The number of rotatable bonds is 0. The fourth-order valence-corrected chi connectivity index (χ4v) is 2.64. The van der Waals surface area contributed by atoms with Gasteiger partial charge in [-0.1, -0.05) is 10.0 Å². The molecule has 0 fully saturated rings. The topological polar surface area (TPSA) is 0 Å². The van der Waals surface area contributed by atoms with Gasteiger partial charge in [-0.25, -0.2) is 0 Å². The van der Waals surface area contributed by atoms with Gasteiger partial charge in [0.25, 0.3) is 0 Å². The first-order valence-electron chi connectivity index (χ1n) is 4.17. The maximum Gasteiger partial charge on any atom is 0 e. The van der Waals surface area contributed by atoms with Crippen LogP contribution in [0.5, 0.6) is 0 Å². The van der Waals surface area contributed by atoms with E-state index in [2.05, 4.69) is 0 Å². The van der Waals surface area contributed by atoms with Crippen molar-refractivity contribution in [3.63, 3.8) is 0 Å². The Bertz CT molecular complexity index is 461. The van der Waals surface area contributed by atoms with Crippen LogP contribution in [0.1, 0.15) is 0 Å². The van der Waals surface area contributed by atoms with Crippen LogP contribution in [0, 0.1) is 0 Å². The minimum Gasteiger partial charge on any atom is -0.716 e. The van der Waals surface area contributed by atoms with Crippen molar-refractivity contribution in [1.29, 1.82) is 0 Å². The predicted molar refractivity (Wildman–Crippen MR) is 84.1 cm³/mol. The van der Waals surface area contributed by atoms with E-state index in [0.717, 1.165) is 0 Å². The van der Waals surface area contributed by atoms with Gasteiger partial charge in [-0.3, -0.25) is 0 Å². The molecule has 0 spiro atoms. The molecule has 0 aromatic heterocycles. The van der Waals surface area contributed by atoms with Gasteiger partial charge in [0.05, 0.1) is 0 Å². The molecule has 0 bridgehead atoms. The molecule has 0 saturated carbocycles. The zero-order valence-corrected chi connectivity index (χ0v) is 15.7. The second kappa shape index (κ2) is 8.86. The largest absolute Gasteiger partial charge is 0.716 e. The Kier molecular flexibility index (Phi) is 9.57. The van der Waals surface area contributed by atoms with Crippen molar-refractivity contribution in [3.8, 4) is 0 Å². The molecule has 0 radical (unpaired) electrons. The Morgan fingerprint density at radius 3 is 1.37 bits per heavy atom. The van der Waals surface area contributed by atoms with Crippen molar-refractivity contribution in [2.24, 2.45) is 0 Å². The fraction of sp³-hybridized carbons (Fsp3) is 0. The van der Waals surface area contributed by atoms with E-state index >= 15 is 0 Å². The van der Waals surface area contributed by atoms with Gasteiger partial charge in [0.15, 0.2) is 0 Å². The summed E-state index contributed by atoms with van der Waals surface area (Å²) in [6, 6.07) is 3.02. The Labute approximate surface area is 160 Å². The van der Waals surface area contributed by atoms with Gasteiger partial charge in [-0.2, -0.15) is 29.3 Å². The van der Waals surface area contributed by atoms with E-state index in [-0.39, 0.29) is 17.1 Å². The standard InChI is InChI=1S/2C5HCl4.Fe/c2*6-2-1-3(7)5(9)4(2)8;/h2*1H;/q-5;-1;. The van der Waals surface area contributed by atoms with Crippen molar-refractivity contribution in [3.05, 3.63) is 52.3 Å². The molecule has 0 unspecified atom stereocenters. The van der Waals surface area contributed by atoms with Gasteiger partial charge in [0, 0.05) is 17.1 Å². The van der Waals surface area contributed by atoms with Crippen LogP contribution in [-0.4, -0.2) is 0 Å². The van der Waals surface area contributed by atoms with Gasteiger partial charge in [0.1, 0.15) is 0 Å². The van der Waals surface area contributed by atoms with E-state index in [1.54, 1.807) is 0 Å². The summed E-state index contributed by atoms with van der Waals surface area (Å²) >= 11 is 44.3. The van der Waals surface area contributed by atoms with Gasteiger partial charge in [-0.15, -0.1) is 23.2 Å². The first-order chi connectivity index (χ1) is 8.25. The SMILES string of the molecule is Cl[c-]1[cH-][c-](Cl)[c-](Cl)[c-]1Cl.Clc1cc(Cl)[c-](Cl)c1Cl.[Fe]. The van der Waals surface area contributed by atoms with E-state index in [0.29, 0.717) is 40.2 Å². The van der Waals surface area contributed by atoms with Gasteiger partial charge in [0.2, 0.25) is 0 Å². The van der Waals surface area contributed by atoms with Crippen LogP contribution in [0.4, 0.5) is 0 Å². The number of halogens is 8. The second-order valence-corrected chi connectivity index (χ2v) is 6.08. The van der Waals surface area contributed by atoms with Crippen LogP contribution >= 0.6 is 92.8 Å². The van der Waals surface area contributed by atoms with Crippen molar-refractivity contribution in [2.75, 3.05) is 0 Å². The van der Waals surface area contributed by atoms with Crippen molar-refractivity contribution in [2.45, 2.75) is 0 Å². The van der Waals surface area contributed by atoms with Gasteiger partial charge in [-0.05, 0) is 10.0 Å².